The molecule has 0 spiro atoms. The minimum absolute atomic E-state index is 0.0152. The van der Waals surface area contributed by atoms with Crippen LogP contribution in [-0.4, -0.2) is 38.7 Å². The average molecular weight is 393 g/mol. The van der Waals surface area contributed by atoms with Crippen LogP contribution in [0.25, 0.3) is 5.70 Å². The average Bonchev–Trinajstić information content (AvgIpc) is 2.96. The van der Waals surface area contributed by atoms with Crippen LogP contribution in [0, 0.1) is 6.92 Å². The Bertz CT molecular complexity index is 944. The first-order valence-corrected chi connectivity index (χ1v) is 8.41. The van der Waals surface area contributed by atoms with Gasteiger partial charge in [0.25, 0.3) is 0 Å². The Hall–Kier alpha value is -3.10. The van der Waals surface area contributed by atoms with Gasteiger partial charge in [-0.1, -0.05) is 6.58 Å². The van der Waals surface area contributed by atoms with Crippen molar-refractivity contribution in [3.8, 4) is 5.88 Å². The summed E-state index contributed by atoms with van der Waals surface area (Å²) in [6.45, 7) is 6.47. The lowest BCUT2D eigenvalue weighted by molar-refractivity contribution is -0.154. The van der Waals surface area contributed by atoms with Crippen molar-refractivity contribution in [1.82, 2.24) is 14.9 Å². The summed E-state index contributed by atoms with van der Waals surface area (Å²) in [6.07, 6.45) is -1.55. The van der Waals surface area contributed by atoms with Crippen molar-refractivity contribution < 1.29 is 27.8 Å². The molecule has 0 aromatic carbocycles. The highest BCUT2D eigenvalue weighted by Crippen LogP contribution is 2.39. The zero-order chi connectivity index (χ0) is 20.6. The number of carboxylic acids is 1. The molecule has 2 aromatic heterocycles. The van der Waals surface area contributed by atoms with Crippen molar-refractivity contribution in [2.24, 2.45) is 0 Å². The van der Waals surface area contributed by atoms with E-state index in [1.807, 2.05) is 11.8 Å². The second-order valence-electron chi connectivity index (χ2n) is 6.54. The minimum Gasteiger partial charge on any atom is -0.477 e. The third-order valence-electron chi connectivity index (χ3n) is 4.62. The number of aryl methyl sites for hydroxylation is 1. The third-order valence-corrected chi connectivity index (χ3v) is 4.62. The highest BCUT2D eigenvalue weighted by molar-refractivity contribution is 5.90. The molecule has 148 valence electrons. The van der Waals surface area contributed by atoms with Gasteiger partial charge in [-0.3, -0.25) is 0 Å². The van der Waals surface area contributed by atoms with Crippen molar-refractivity contribution in [2.75, 3.05) is 6.61 Å². The zero-order valence-corrected chi connectivity index (χ0v) is 15.2. The fraction of sp³-hybridized carbons (Fsp3) is 0.316. The number of halogens is 3. The maximum atomic E-state index is 12.3. The van der Waals surface area contributed by atoms with Crippen molar-refractivity contribution in [3.05, 3.63) is 59.1 Å². The van der Waals surface area contributed by atoms with Gasteiger partial charge < -0.3 is 14.7 Å². The molecule has 28 heavy (non-hydrogen) atoms. The highest BCUT2D eigenvalue weighted by atomic mass is 19.4. The molecular weight excluding hydrogens is 375 g/mol. The number of pyridine rings is 2. The Balaban J connectivity index is 1.82. The molecular formula is C19H18F3N3O3. The number of hydrogen-bond acceptors (Lipinski definition) is 5. The number of fused-ring (bicyclic) bond motifs is 1. The molecule has 1 aliphatic rings. The van der Waals surface area contributed by atoms with E-state index in [4.69, 9.17) is 4.74 Å². The summed E-state index contributed by atoms with van der Waals surface area (Å²) in [5.41, 5.74) is 3.16. The number of aromatic carboxylic acids is 1. The largest absolute Gasteiger partial charge is 0.477 e. The fourth-order valence-electron chi connectivity index (χ4n) is 3.19. The van der Waals surface area contributed by atoms with Gasteiger partial charge in [-0.25, -0.2) is 14.8 Å². The molecule has 0 fully saturated rings. The van der Waals surface area contributed by atoms with Gasteiger partial charge in [0.15, 0.2) is 12.3 Å². The minimum atomic E-state index is -4.44. The van der Waals surface area contributed by atoms with Crippen LogP contribution in [0.15, 0.2) is 31.1 Å². The predicted molar refractivity (Wildman–Crippen MR) is 94.7 cm³/mol. The number of hydrogen-bond donors (Lipinski definition) is 1. The molecule has 3 rings (SSSR count). The Morgan fingerprint density at radius 2 is 2.14 bits per heavy atom. The number of alkyl halides is 3. The first-order valence-electron chi connectivity index (χ1n) is 8.41. The fourth-order valence-corrected chi connectivity index (χ4v) is 3.19. The van der Waals surface area contributed by atoms with Gasteiger partial charge in [0.05, 0.1) is 6.04 Å². The summed E-state index contributed by atoms with van der Waals surface area (Å²) >= 11 is 0. The van der Waals surface area contributed by atoms with Crippen LogP contribution >= 0.6 is 0 Å². The van der Waals surface area contributed by atoms with Crippen molar-refractivity contribution in [3.63, 3.8) is 0 Å². The molecule has 9 heteroatoms. The standard InChI is InChI=1S/C19H18F3N3O3/c1-10-6-13(7-24-17(10)28-9-19(20,21)22)11(2)25-8-15-14(12(25)3)4-5-23-16(15)18(26)27/h4-7,11H,3,8-9H2,1-2H3,(H,26,27). The SMILES string of the molecule is C=C1c2ccnc(C(=O)O)c2CN1C(C)c1cnc(OCC(F)(F)F)c(C)c1. The number of ether oxygens (including phenoxy) is 1. The van der Waals surface area contributed by atoms with E-state index in [-0.39, 0.29) is 17.6 Å². The van der Waals surface area contributed by atoms with Gasteiger partial charge in [0, 0.05) is 41.3 Å². The number of aromatic nitrogens is 2. The summed E-state index contributed by atoms with van der Waals surface area (Å²) in [4.78, 5) is 21.3. The van der Waals surface area contributed by atoms with Crippen molar-refractivity contribution in [1.29, 1.82) is 0 Å². The lowest BCUT2D eigenvalue weighted by Crippen LogP contribution is -2.21. The monoisotopic (exact) mass is 393 g/mol. The topological polar surface area (TPSA) is 75.5 Å². The smallest absolute Gasteiger partial charge is 0.422 e. The Morgan fingerprint density at radius 3 is 2.75 bits per heavy atom. The molecule has 1 N–H and O–H groups in total. The van der Waals surface area contributed by atoms with Crippen molar-refractivity contribution >= 4 is 11.7 Å². The molecule has 0 aliphatic carbocycles. The van der Waals surface area contributed by atoms with Crippen LogP contribution in [0.3, 0.4) is 0 Å². The molecule has 0 bridgehead atoms. The van der Waals surface area contributed by atoms with Crippen LogP contribution in [0.1, 0.15) is 45.7 Å². The van der Waals surface area contributed by atoms with Gasteiger partial charge in [0.2, 0.25) is 5.88 Å². The van der Waals surface area contributed by atoms with E-state index in [2.05, 4.69) is 16.5 Å². The Morgan fingerprint density at radius 1 is 1.43 bits per heavy atom. The zero-order valence-electron chi connectivity index (χ0n) is 15.2. The molecule has 1 aliphatic heterocycles. The first kappa shape index (κ1) is 19.7. The molecule has 3 heterocycles. The number of nitrogens with zero attached hydrogens (tertiary/aromatic N) is 3. The van der Waals surface area contributed by atoms with E-state index in [9.17, 15) is 23.1 Å². The van der Waals surface area contributed by atoms with E-state index < -0.39 is 18.8 Å². The van der Waals surface area contributed by atoms with Gasteiger partial charge in [-0.05, 0) is 31.5 Å². The van der Waals surface area contributed by atoms with Gasteiger partial charge >= 0.3 is 12.1 Å². The van der Waals surface area contributed by atoms with E-state index in [0.29, 0.717) is 28.9 Å². The summed E-state index contributed by atoms with van der Waals surface area (Å²) in [6, 6.07) is 3.19. The second-order valence-corrected chi connectivity index (χ2v) is 6.54. The second kappa shape index (κ2) is 7.14. The Kier molecular flexibility index (Phi) is 5.01. The van der Waals surface area contributed by atoms with Crippen molar-refractivity contribution in [2.45, 2.75) is 32.6 Å². The van der Waals surface area contributed by atoms with E-state index in [0.717, 1.165) is 5.56 Å². The van der Waals surface area contributed by atoms with E-state index in [1.54, 1.807) is 19.1 Å². The number of carboxylic acid groups (broad SMARTS) is 1. The first-order chi connectivity index (χ1) is 13.1. The summed E-state index contributed by atoms with van der Waals surface area (Å²) in [7, 11) is 0. The lowest BCUT2D eigenvalue weighted by Gasteiger charge is -2.28. The van der Waals surface area contributed by atoms with Gasteiger partial charge in [0.1, 0.15) is 0 Å². The highest BCUT2D eigenvalue weighted by Gasteiger charge is 2.32. The molecule has 1 atom stereocenters. The molecule has 0 radical (unpaired) electrons. The summed E-state index contributed by atoms with van der Waals surface area (Å²) in [5, 5.41) is 9.34. The number of carbonyl (C=O) groups is 1. The molecule has 2 aromatic rings. The molecule has 0 saturated carbocycles. The van der Waals surface area contributed by atoms with Crippen LogP contribution in [0.2, 0.25) is 0 Å². The maximum Gasteiger partial charge on any atom is 0.422 e. The number of rotatable bonds is 5. The normalized spacial score (nSPS) is 14.8. The van der Waals surface area contributed by atoms with E-state index in [1.165, 1.54) is 12.4 Å². The lowest BCUT2D eigenvalue weighted by atomic mass is 10.1. The van der Waals surface area contributed by atoms with Crippen LogP contribution < -0.4 is 4.74 Å². The van der Waals surface area contributed by atoms with E-state index >= 15 is 0 Å². The van der Waals surface area contributed by atoms with Gasteiger partial charge in [-0.2, -0.15) is 13.2 Å². The van der Waals surface area contributed by atoms with Crippen LogP contribution in [-0.2, 0) is 6.54 Å². The molecule has 0 saturated heterocycles. The quantitative estimate of drug-likeness (QED) is 0.829. The Labute approximate surface area is 159 Å². The molecule has 6 nitrogen and oxygen atoms in total. The third kappa shape index (κ3) is 3.78. The van der Waals surface area contributed by atoms with Crippen LogP contribution in [0.5, 0.6) is 5.88 Å². The summed E-state index contributed by atoms with van der Waals surface area (Å²) < 4.78 is 41.7. The summed E-state index contributed by atoms with van der Waals surface area (Å²) in [5.74, 6) is -1.18. The van der Waals surface area contributed by atoms with Crippen LogP contribution in [0.4, 0.5) is 13.2 Å². The molecule has 1 unspecified atom stereocenters. The van der Waals surface area contributed by atoms with Gasteiger partial charge in [-0.15, -0.1) is 0 Å². The molecule has 0 amide bonds. The predicted octanol–water partition coefficient (Wildman–Crippen LogP) is 3.97. The maximum absolute atomic E-state index is 12.3.